The predicted octanol–water partition coefficient (Wildman–Crippen LogP) is 5.05. The lowest BCUT2D eigenvalue weighted by atomic mass is 10.2. The van der Waals surface area contributed by atoms with Crippen molar-refractivity contribution in [2.24, 2.45) is 0 Å². The predicted molar refractivity (Wildman–Crippen MR) is 112 cm³/mol. The number of anilines is 2. The van der Waals surface area contributed by atoms with Crippen molar-refractivity contribution in [2.75, 3.05) is 11.9 Å². The van der Waals surface area contributed by atoms with Crippen molar-refractivity contribution in [3.63, 3.8) is 0 Å². The van der Waals surface area contributed by atoms with E-state index in [0.29, 0.717) is 5.95 Å². The van der Waals surface area contributed by atoms with E-state index in [-0.39, 0.29) is 0 Å². The van der Waals surface area contributed by atoms with Gasteiger partial charge in [0.2, 0.25) is 5.95 Å². The van der Waals surface area contributed by atoms with Crippen LogP contribution >= 0.6 is 0 Å². The van der Waals surface area contributed by atoms with Crippen molar-refractivity contribution in [1.29, 1.82) is 0 Å². The molecule has 0 saturated heterocycles. The Bertz CT molecular complexity index is 1070. The number of hydrogen-bond donors (Lipinski definition) is 1. The van der Waals surface area contributed by atoms with E-state index < -0.39 is 0 Å². The largest absolute Gasteiger partial charge is 0.494 e. The zero-order chi connectivity index (χ0) is 19.3. The molecule has 4 rings (SSSR count). The summed E-state index contributed by atoms with van der Waals surface area (Å²) < 4.78 is 7.78. The number of pyridine rings is 1. The summed E-state index contributed by atoms with van der Waals surface area (Å²) in [5.41, 5.74) is 2.85. The Labute approximate surface area is 164 Å². The fourth-order valence-corrected chi connectivity index (χ4v) is 2.94. The van der Waals surface area contributed by atoms with Gasteiger partial charge in [-0.2, -0.15) is 4.98 Å². The van der Waals surface area contributed by atoms with Crippen LogP contribution in [0.3, 0.4) is 0 Å². The maximum atomic E-state index is 5.82. The molecule has 0 spiro atoms. The zero-order valence-corrected chi connectivity index (χ0v) is 16.1. The number of aryl methyl sites for hydroxylation is 1. The number of fused-ring (bicyclic) bond motifs is 1. The lowest BCUT2D eigenvalue weighted by molar-refractivity contribution is 0.309. The van der Waals surface area contributed by atoms with Crippen LogP contribution in [-0.2, 0) is 0 Å². The van der Waals surface area contributed by atoms with Crippen molar-refractivity contribution in [3.05, 3.63) is 66.6 Å². The second-order valence-corrected chi connectivity index (χ2v) is 6.65. The Hall–Kier alpha value is -3.41. The molecule has 0 unspecified atom stereocenters. The summed E-state index contributed by atoms with van der Waals surface area (Å²) in [7, 11) is 0. The molecule has 0 atom stereocenters. The molecule has 0 aliphatic heterocycles. The van der Waals surface area contributed by atoms with Crippen molar-refractivity contribution in [1.82, 2.24) is 19.5 Å². The monoisotopic (exact) mass is 373 g/mol. The standard InChI is InChI=1S/C22H23N5O/c1-3-4-13-28-18-9-8-16(2)19(14-18)25-22-24-15-17-10-12-27(21(17)26-22)20-7-5-6-11-23-20/h5-12,14-15H,3-4,13H2,1-2H3,(H,24,25,26). The van der Waals surface area contributed by atoms with Gasteiger partial charge in [-0.3, -0.25) is 4.57 Å². The molecular formula is C22H23N5O. The van der Waals surface area contributed by atoms with E-state index in [1.807, 2.05) is 66.3 Å². The van der Waals surface area contributed by atoms with Crippen LogP contribution in [0.15, 0.2) is 61.1 Å². The lowest BCUT2D eigenvalue weighted by Crippen LogP contribution is -2.02. The minimum atomic E-state index is 0.539. The van der Waals surface area contributed by atoms with E-state index in [2.05, 4.69) is 22.2 Å². The van der Waals surface area contributed by atoms with Gasteiger partial charge in [-0.05, 0) is 43.2 Å². The molecule has 1 aromatic carbocycles. The summed E-state index contributed by atoms with van der Waals surface area (Å²) in [5, 5.41) is 4.29. The first-order valence-electron chi connectivity index (χ1n) is 9.50. The topological polar surface area (TPSA) is 64.9 Å². The Morgan fingerprint density at radius 2 is 2.04 bits per heavy atom. The maximum absolute atomic E-state index is 5.82. The van der Waals surface area contributed by atoms with Gasteiger partial charge in [0.15, 0.2) is 5.65 Å². The highest BCUT2D eigenvalue weighted by Crippen LogP contribution is 2.25. The van der Waals surface area contributed by atoms with Gasteiger partial charge in [0.25, 0.3) is 0 Å². The Morgan fingerprint density at radius 1 is 1.11 bits per heavy atom. The fraction of sp³-hybridized carbons (Fsp3) is 0.227. The van der Waals surface area contributed by atoms with Crippen LogP contribution in [0.25, 0.3) is 16.9 Å². The molecule has 1 N–H and O–H groups in total. The van der Waals surface area contributed by atoms with Crippen molar-refractivity contribution in [2.45, 2.75) is 26.7 Å². The van der Waals surface area contributed by atoms with Crippen LogP contribution in [0, 0.1) is 6.92 Å². The molecule has 28 heavy (non-hydrogen) atoms. The normalized spacial score (nSPS) is 10.9. The van der Waals surface area contributed by atoms with E-state index in [1.54, 1.807) is 6.20 Å². The van der Waals surface area contributed by atoms with Gasteiger partial charge in [0.1, 0.15) is 11.6 Å². The fourth-order valence-electron chi connectivity index (χ4n) is 2.94. The first-order chi connectivity index (χ1) is 13.7. The van der Waals surface area contributed by atoms with E-state index in [9.17, 15) is 0 Å². The second kappa shape index (κ2) is 8.08. The van der Waals surface area contributed by atoms with Gasteiger partial charge in [-0.15, -0.1) is 0 Å². The average molecular weight is 373 g/mol. The number of aromatic nitrogens is 4. The molecule has 0 aliphatic carbocycles. The van der Waals surface area contributed by atoms with Gasteiger partial charge < -0.3 is 10.1 Å². The number of rotatable bonds is 7. The van der Waals surface area contributed by atoms with E-state index in [1.165, 1.54) is 0 Å². The third kappa shape index (κ3) is 3.81. The van der Waals surface area contributed by atoms with Crippen LogP contribution in [0.2, 0.25) is 0 Å². The smallest absolute Gasteiger partial charge is 0.229 e. The number of ether oxygens (including phenoxy) is 1. The van der Waals surface area contributed by atoms with Crippen LogP contribution in [-0.4, -0.2) is 26.1 Å². The summed E-state index contributed by atoms with van der Waals surface area (Å²) >= 11 is 0. The summed E-state index contributed by atoms with van der Waals surface area (Å²) in [5.74, 6) is 2.21. The molecule has 0 fully saturated rings. The maximum Gasteiger partial charge on any atom is 0.229 e. The molecule has 0 amide bonds. The van der Waals surface area contributed by atoms with Crippen molar-refractivity contribution in [3.8, 4) is 11.6 Å². The Balaban J connectivity index is 1.62. The third-order valence-electron chi connectivity index (χ3n) is 4.55. The molecule has 6 heteroatoms. The third-order valence-corrected chi connectivity index (χ3v) is 4.55. The first kappa shape index (κ1) is 18.0. The summed E-state index contributed by atoms with van der Waals surface area (Å²) in [4.78, 5) is 13.6. The number of hydrogen-bond acceptors (Lipinski definition) is 5. The van der Waals surface area contributed by atoms with Gasteiger partial charge in [-0.1, -0.05) is 25.5 Å². The zero-order valence-electron chi connectivity index (χ0n) is 16.1. The highest BCUT2D eigenvalue weighted by atomic mass is 16.5. The molecule has 4 aromatic rings. The van der Waals surface area contributed by atoms with E-state index in [4.69, 9.17) is 9.72 Å². The summed E-state index contributed by atoms with van der Waals surface area (Å²) in [6.07, 6.45) is 7.70. The lowest BCUT2D eigenvalue weighted by Gasteiger charge is -2.12. The molecule has 0 saturated carbocycles. The molecule has 3 heterocycles. The molecule has 6 nitrogen and oxygen atoms in total. The first-order valence-corrected chi connectivity index (χ1v) is 9.50. The van der Waals surface area contributed by atoms with Gasteiger partial charge >= 0.3 is 0 Å². The van der Waals surface area contributed by atoms with Crippen LogP contribution in [0.1, 0.15) is 25.3 Å². The van der Waals surface area contributed by atoms with E-state index in [0.717, 1.165) is 53.3 Å². The minimum Gasteiger partial charge on any atom is -0.494 e. The molecule has 0 aliphatic rings. The molecule has 3 aromatic heterocycles. The Morgan fingerprint density at radius 3 is 2.86 bits per heavy atom. The van der Waals surface area contributed by atoms with Crippen LogP contribution in [0.4, 0.5) is 11.6 Å². The molecular weight excluding hydrogens is 350 g/mol. The van der Waals surface area contributed by atoms with Gasteiger partial charge in [0, 0.05) is 35.7 Å². The van der Waals surface area contributed by atoms with Crippen molar-refractivity contribution < 1.29 is 4.74 Å². The number of nitrogens with zero attached hydrogens (tertiary/aromatic N) is 4. The van der Waals surface area contributed by atoms with Gasteiger partial charge in [0.05, 0.1) is 6.61 Å². The molecule has 0 radical (unpaired) electrons. The summed E-state index contributed by atoms with van der Waals surface area (Å²) in [6, 6.07) is 13.8. The minimum absolute atomic E-state index is 0.539. The quantitative estimate of drug-likeness (QED) is 0.459. The highest BCUT2D eigenvalue weighted by molar-refractivity contribution is 5.78. The summed E-state index contributed by atoms with van der Waals surface area (Å²) in [6.45, 7) is 4.92. The van der Waals surface area contributed by atoms with Crippen LogP contribution in [0.5, 0.6) is 5.75 Å². The van der Waals surface area contributed by atoms with Gasteiger partial charge in [-0.25, -0.2) is 9.97 Å². The molecule has 0 bridgehead atoms. The number of unbranched alkanes of at least 4 members (excludes halogenated alkanes) is 1. The molecule has 142 valence electrons. The Kier molecular flexibility index (Phi) is 5.19. The second-order valence-electron chi connectivity index (χ2n) is 6.65. The SMILES string of the molecule is CCCCOc1ccc(C)c(Nc2ncc3ccn(-c4ccccn4)c3n2)c1. The highest BCUT2D eigenvalue weighted by Gasteiger charge is 2.09. The van der Waals surface area contributed by atoms with Crippen molar-refractivity contribution >= 4 is 22.7 Å². The van der Waals surface area contributed by atoms with E-state index >= 15 is 0 Å². The van der Waals surface area contributed by atoms with Crippen LogP contribution < -0.4 is 10.1 Å². The number of benzene rings is 1. The number of nitrogens with one attached hydrogen (secondary N) is 1. The average Bonchev–Trinajstić information content (AvgIpc) is 3.14.